The van der Waals surface area contributed by atoms with Crippen molar-refractivity contribution < 1.29 is 9.53 Å². The summed E-state index contributed by atoms with van der Waals surface area (Å²) < 4.78 is 7.86. The Balaban J connectivity index is 1.46. The van der Waals surface area contributed by atoms with Crippen LogP contribution in [-0.4, -0.2) is 44.8 Å². The highest BCUT2D eigenvalue weighted by Crippen LogP contribution is 2.39. The van der Waals surface area contributed by atoms with E-state index in [1.807, 2.05) is 36.2 Å². The van der Waals surface area contributed by atoms with E-state index < -0.39 is 0 Å². The lowest BCUT2D eigenvalue weighted by atomic mass is 9.83. The van der Waals surface area contributed by atoms with E-state index in [1.165, 1.54) is 11.1 Å². The molecule has 3 heterocycles. The highest BCUT2D eigenvalue weighted by atomic mass is 16.5. The van der Waals surface area contributed by atoms with Crippen LogP contribution in [0.5, 0.6) is 0 Å². The number of nitrogens with zero attached hydrogens (tertiary/aromatic N) is 4. The standard InChI is InChI=1S/C24H23N5O2/c1-28-21-17-12-15(6-8-19(17)27-23(25)18(21)13-26-28)24(30)29-10-11-31-20-9-7-14-4-2-3-5-16(14)22(20)29/h2-6,8,12-13,20,22H,7,9-11H2,1H3,(H2,25,27). The fourth-order valence-corrected chi connectivity index (χ4v) is 5.18. The van der Waals surface area contributed by atoms with Gasteiger partial charge in [0.25, 0.3) is 5.91 Å². The molecule has 0 spiro atoms. The first-order chi connectivity index (χ1) is 15.1. The first-order valence-corrected chi connectivity index (χ1v) is 10.6. The second kappa shape index (κ2) is 6.78. The number of nitrogen functional groups attached to an aromatic ring is 1. The molecule has 31 heavy (non-hydrogen) atoms. The molecule has 0 radical (unpaired) electrons. The molecule has 156 valence electrons. The van der Waals surface area contributed by atoms with Gasteiger partial charge in [-0.2, -0.15) is 5.10 Å². The fourth-order valence-electron chi connectivity index (χ4n) is 5.18. The molecule has 2 atom stereocenters. The van der Waals surface area contributed by atoms with Gasteiger partial charge in [0.1, 0.15) is 5.82 Å². The zero-order valence-corrected chi connectivity index (χ0v) is 17.3. The molecule has 2 aromatic heterocycles. The van der Waals surface area contributed by atoms with E-state index in [-0.39, 0.29) is 18.1 Å². The Bertz CT molecular complexity index is 1340. The van der Waals surface area contributed by atoms with E-state index >= 15 is 0 Å². The van der Waals surface area contributed by atoms with Crippen molar-refractivity contribution in [2.75, 3.05) is 18.9 Å². The fraction of sp³-hybridized carbons (Fsp3) is 0.292. The van der Waals surface area contributed by atoms with Crippen molar-refractivity contribution in [3.8, 4) is 0 Å². The summed E-state index contributed by atoms with van der Waals surface area (Å²) in [4.78, 5) is 20.2. The van der Waals surface area contributed by atoms with Crippen molar-refractivity contribution in [2.24, 2.45) is 7.05 Å². The van der Waals surface area contributed by atoms with Crippen LogP contribution in [0.25, 0.3) is 21.8 Å². The predicted octanol–water partition coefficient (Wildman–Crippen LogP) is 3.23. The van der Waals surface area contributed by atoms with Crippen LogP contribution in [-0.2, 0) is 18.2 Å². The predicted molar refractivity (Wildman–Crippen MR) is 119 cm³/mol. The number of hydrogen-bond donors (Lipinski definition) is 1. The molecule has 7 heteroatoms. The van der Waals surface area contributed by atoms with Gasteiger partial charge in [-0.3, -0.25) is 9.48 Å². The first-order valence-electron chi connectivity index (χ1n) is 10.6. The number of ether oxygens (including phenoxy) is 1. The second-order valence-corrected chi connectivity index (χ2v) is 8.35. The van der Waals surface area contributed by atoms with Gasteiger partial charge in [0.15, 0.2) is 0 Å². The van der Waals surface area contributed by atoms with Crippen LogP contribution < -0.4 is 5.73 Å². The summed E-state index contributed by atoms with van der Waals surface area (Å²) >= 11 is 0. The SMILES string of the molecule is Cn1ncc2c(N)nc3ccc(C(=O)N4CCOC5CCc6ccccc6C54)cc3c21. The minimum absolute atomic E-state index is 0.0176. The number of benzene rings is 2. The summed E-state index contributed by atoms with van der Waals surface area (Å²) in [5.74, 6) is 0.466. The van der Waals surface area contributed by atoms with Crippen molar-refractivity contribution in [3.05, 3.63) is 65.4 Å². The summed E-state index contributed by atoms with van der Waals surface area (Å²) in [7, 11) is 1.88. The number of aryl methyl sites for hydroxylation is 2. The summed E-state index contributed by atoms with van der Waals surface area (Å²) in [5.41, 5.74) is 10.9. The number of carbonyl (C=O) groups is 1. The minimum atomic E-state index is -0.0526. The number of morpholine rings is 1. The van der Waals surface area contributed by atoms with Gasteiger partial charge in [0.2, 0.25) is 0 Å². The Morgan fingerprint density at radius 2 is 2.06 bits per heavy atom. The molecule has 2 N–H and O–H groups in total. The molecule has 4 aromatic rings. The summed E-state index contributed by atoms with van der Waals surface area (Å²) in [5, 5.41) is 6.01. The second-order valence-electron chi connectivity index (χ2n) is 8.35. The summed E-state index contributed by atoms with van der Waals surface area (Å²) in [6.45, 7) is 1.14. The van der Waals surface area contributed by atoms with Gasteiger partial charge in [-0.05, 0) is 42.2 Å². The number of amides is 1. The Morgan fingerprint density at radius 3 is 2.97 bits per heavy atom. The maximum absolute atomic E-state index is 13.7. The van der Waals surface area contributed by atoms with Crippen LogP contribution >= 0.6 is 0 Å². The normalized spacial score (nSPS) is 20.6. The highest BCUT2D eigenvalue weighted by molar-refractivity contribution is 6.10. The van der Waals surface area contributed by atoms with Crippen LogP contribution in [0.1, 0.15) is 33.9 Å². The third kappa shape index (κ3) is 2.73. The Labute approximate surface area is 179 Å². The average Bonchev–Trinajstić information content (AvgIpc) is 3.20. The van der Waals surface area contributed by atoms with Crippen LogP contribution in [0.2, 0.25) is 0 Å². The number of fused-ring (bicyclic) bond motifs is 6. The van der Waals surface area contributed by atoms with Crippen molar-refractivity contribution in [1.82, 2.24) is 19.7 Å². The molecule has 7 nitrogen and oxygen atoms in total. The lowest BCUT2D eigenvalue weighted by Gasteiger charge is -2.44. The topological polar surface area (TPSA) is 86.3 Å². The molecule has 0 bridgehead atoms. The van der Waals surface area contributed by atoms with Gasteiger partial charge in [-0.15, -0.1) is 0 Å². The van der Waals surface area contributed by atoms with Gasteiger partial charge in [-0.25, -0.2) is 4.98 Å². The van der Waals surface area contributed by atoms with E-state index in [0.717, 1.165) is 34.6 Å². The lowest BCUT2D eigenvalue weighted by molar-refractivity contribution is -0.0676. The summed E-state index contributed by atoms with van der Waals surface area (Å²) in [6, 6.07) is 14.0. The van der Waals surface area contributed by atoms with Crippen LogP contribution in [0.3, 0.4) is 0 Å². The van der Waals surface area contributed by atoms with Gasteiger partial charge >= 0.3 is 0 Å². The first kappa shape index (κ1) is 18.3. The van der Waals surface area contributed by atoms with E-state index in [2.05, 4.69) is 28.3 Å². The number of rotatable bonds is 1. The maximum atomic E-state index is 13.7. The zero-order valence-electron chi connectivity index (χ0n) is 17.3. The Hall–Kier alpha value is -3.45. The van der Waals surface area contributed by atoms with Gasteiger partial charge in [0.05, 0.1) is 41.4 Å². The third-order valence-corrected chi connectivity index (χ3v) is 6.64. The van der Waals surface area contributed by atoms with Crippen molar-refractivity contribution in [3.63, 3.8) is 0 Å². The molecular formula is C24H23N5O2. The molecule has 1 aliphatic heterocycles. The number of aromatic nitrogens is 3. The van der Waals surface area contributed by atoms with Crippen molar-refractivity contribution in [1.29, 1.82) is 0 Å². The monoisotopic (exact) mass is 413 g/mol. The number of pyridine rings is 1. The highest BCUT2D eigenvalue weighted by Gasteiger charge is 2.40. The molecule has 1 fully saturated rings. The molecule has 0 saturated carbocycles. The number of nitrogens with two attached hydrogens (primary N) is 1. The van der Waals surface area contributed by atoms with Gasteiger partial charge in [-0.1, -0.05) is 24.3 Å². The lowest BCUT2D eigenvalue weighted by Crippen LogP contribution is -2.50. The molecule has 1 saturated heterocycles. The maximum Gasteiger partial charge on any atom is 0.254 e. The van der Waals surface area contributed by atoms with E-state index in [9.17, 15) is 4.79 Å². The smallest absolute Gasteiger partial charge is 0.254 e. The van der Waals surface area contributed by atoms with Crippen molar-refractivity contribution in [2.45, 2.75) is 25.0 Å². The van der Waals surface area contributed by atoms with E-state index in [4.69, 9.17) is 10.5 Å². The van der Waals surface area contributed by atoms with Crippen LogP contribution in [0.15, 0.2) is 48.7 Å². The number of hydrogen-bond acceptors (Lipinski definition) is 5. The number of carbonyl (C=O) groups excluding carboxylic acids is 1. The third-order valence-electron chi connectivity index (χ3n) is 6.64. The Kier molecular flexibility index (Phi) is 4.01. The quantitative estimate of drug-likeness (QED) is 0.518. The minimum Gasteiger partial charge on any atom is -0.383 e. The van der Waals surface area contributed by atoms with E-state index in [0.29, 0.717) is 24.5 Å². The average molecular weight is 413 g/mol. The molecule has 2 unspecified atom stereocenters. The zero-order chi connectivity index (χ0) is 21.1. The number of anilines is 1. The Morgan fingerprint density at radius 1 is 1.19 bits per heavy atom. The molecule has 1 aliphatic carbocycles. The van der Waals surface area contributed by atoms with E-state index in [1.54, 1.807) is 10.9 Å². The molecule has 6 rings (SSSR count). The van der Waals surface area contributed by atoms with Crippen LogP contribution in [0.4, 0.5) is 5.82 Å². The molecule has 1 amide bonds. The summed E-state index contributed by atoms with van der Waals surface area (Å²) in [6.07, 6.45) is 3.68. The van der Waals surface area contributed by atoms with Gasteiger partial charge in [0, 0.05) is 24.5 Å². The largest absolute Gasteiger partial charge is 0.383 e. The molecule has 2 aliphatic rings. The van der Waals surface area contributed by atoms with Crippen molar-refractivity contribution >= 4 is 33.5 Å². The van der Waals surface area contributed by atoms with Gasteiger partial charge < -0.3 is 15.4 Å². The molecule has 2 aromatic carbocycles. The molecular weight excluding hydrogens is 390 g/mol. The van der Waals surface area contributed by atoms with Crippen LogP contribution in [0, 0.1) is 0 Å².